The Morgan fingerprint density at radius 1 is 1.24 bits per heavy atom. The van der Waals surface area contributed by atoms with Crippen molar-refractivity contribution in [3.05, 3.63) is 24.0 Å². The Kier molecular flexibility index (Phi) is 7.22. The number of nitrogens with two attached hydrogens (primary N) is 1. The van der Waals surface area contributed by atoms with Crippen molar-refractivity contribution in [1.29, 1.82) is 0 Å². The molecule has 0 saturated heterocycles. The van der Waals surface area contributed by atoms with E-state index in [1.54, 1.807) is 0 Å². The first-order valence-electron chi connectivity index (χ1n) is 7.60. The first-order chi connectivity index (χ1) is 11.1. The molecule has 1 atom stereocenters. The molecule has 11 heteroatoms. The van der Waals surface area contributed by atoms with Gasteiger partial charge in [0.2, 0.25) is 20.0 Å². The van der Waals surface area contributed by atoms with Crippen LogP contribution in [-0.2, 0) is 20.0 Å². The molecule has 0 aliphatic heterocycles. The average Bonchev–Trinajstić information content (AvgIpc) is 3.31. The average molecular weight is 416 g/mol. The molecule has 25 heavy (non-hydrogen) atoms. The fourth-order valence-corrected chi connectivity index (χ4v) is 4.16. The van der Waals surface area contributed by atoms with Gasteiger partial charge < -0.3 is 5.73 Å². The summed E-state index contributed by atoms with van der Waals surface area (Å²) in [5, 5.41) is -0.745. The van der Waals surface area contributed by atoms with Crippen molar-refractivity contribution in [1.82, 2.24) is 4.72 Å². The number of hydrogen-bond acceptors (Lipinski definition) is 5. The van der Waals surface area contributed by atoms with Gasteiger partial charge in [-0.2, -0.15) is 0 Å². The molecule has 1 unspecified atom stereocenters. The van der Waals surface area contributed by atoms with Gasteiger partial charge in [0, 0.05) is 12.6 Å². The van der Waals surface area contributed by atoms with Gasteiger partial charge in [-0.3, -0.25) is 4.72 Å². The Balaban J connectivity index is 0.00000312. The lowest BCUT2D eigenvalue weighted by molar-refractivity contribution is 0.518. The quantitative estimate of drug-likeness (QED) is 0.593. The van der Waals surface area contributed by atoms with E-state index in [2.05, 4.69) is 9.44 Å². The van der Waals surface area contributed by atoms with E-state index in [-0.39, 0.29) is 41.5 Å². The third kappa shape index (κ3) is 5.52. The molecule has 0 bridgehead atoms. The summed E-state index contributed by atoms with van der Waals surface area (Å²) in [6.45, 7) is 3.07. The van der Waals surface area contributed by atoms with Gasteiger partial charge in [-0.1, -0.05) is 0 Å². The third-order valence-corrected chi connectivity index (χ3v) is 7.11. The van der Waals surface area contributed by atoms with Crippen LogP contribution in [0, 0.1) is 11.7 Å². The molecule has 1 aromatic carbocycles. The summed E-state index contributed by atoms with van der Waals surface area (Å²) >= 11 is 0. The first kappa shape index (κ1) is 22.1. The largest absolute Gasteiger partial charge is 0.329 e. The minimum Gasteiger partial charge on any atom is -0.329 e. The number of rotatable bonds is 8. The van der Waals surface area contributed by atoms with E-state index < -0.39 is 31.1 Å². The van der Waals surface area contributed by atoms with Crippen molar-refractivity contribution >= 4 is 38.1 Å². The molecular formula is C14H23ClFN3O4S2. The smallest absolute Gasteiger partial charge is 0.240 e. The number of nitrogens with one attached hydrogen (secondary N) is 2. The molecule has 1 aliphatic rings. The minimum absolute atomic E-state index is 0. The lowest BCUT2D eigenvalue weighted by Crippen LogP contribution is -2.41. The Labute approximate surface area is 154 Å². The summed E-state index contributed by atoms with van der Waals surface area (Å²) in [5.41, 5.74) is 5.28. The molecular weight excluding hydrogens is 393 g/mol. The van der Waals surface area contributed by atoms with Crippen LogP contribution in [0.25, 0.3) is 0 Å². The second-order valence-electron chi connectivity index (χ2n) is 6.14. The van der Waals surface area contributed by atoms with Crippen LogP contribution in [0.1, 0.15) is 26.7 Å². The molecule has 7 nitrogen and oxygen atoms in total. The van der Waals surface area contributed by atoms with E-state index in [4.69, 9.17) is 5.73 Å². The Hall–Kier alpha value is -0.940. The van der Waals surface area contributed by atoms with Crippen LogP contribution in [0.4, 0.5) is 10.1 Å². The van der Waals surface area contributed by atoms with Crippen molar-refractivity contribution in [2.45, 2.75) is 42.9 Å². The van der Waals surface area contributed by atoms with Gasteiger partial charge >= 0.3 is 0 Å². The number of anilines is 1. The summed E-state index contributed by atoms with van der Waals surface area (Å²) < 4.78 is 66.9. The van der Waals surface area contributed by atoms with Crippen LogP contribution in [0.15, 0.2) is 23.1 Å². The van der Waals surface area contributed by atoms with Crippen LogP contribution in [0.3, 0.4) is 0 Å². The van der Waals surface area contributed by atoms with Gasteiger partial charge in [0.05, 0.1) is 15.8 Å². The predicted molar refractivity (Wildman–Crippen MR) is 97.2 cm³/mol. The van der Waals surface area contributed by atoms with Crippen LogP contribution in [0.5, 0.6) is 0 Å². The first-order valence-corrected chi connectivity index (χ1v) is 10.6. The predicted octanol–water partition coefficient (Wildman–Crippen LogP) is 1.41. The second kappa shape index (κ2) is 8.17. The highest BCUT2D eigenvalue weighted by Crippen LogP contribution is 2.33. The second-order valence-corrected chi connectivity index (χ2v) is 10.1. The van der Waals surface area contributed by atoms with Crippen molar-refractivity contribution in [2.75, 3.05) is 11.3 Å². The van der Waals surface area contributed by atoms with E-state index in [1.165, 1.54) is 13.8 Å². The lowest BCUT2D eigenvalue weighted by Gasteiger charge is -2.17. The van der Waals surface area contributed by atoms with Gasteiger partial charge in [-0.25, -0.2) is 25.9 Å². The third-order valence-electron chi connectivity index (χ3n) is 3.88. The highest BCUT2D eigenvalue weighted by molar-refractivity contribution is 7.93. The van der Waals surface area contributed by atoms with Crippen molar-refractivity contribution < 1.29 is 21.2 Å². The van der Waals surface area contributed by atoms with Gasteiger partial charge in [0.1, 0.15) is 5.82 Å². The maximum Gasteiger partial charge on any atom is 0.240 e. The monoisotopic (exact) mass is 415 g/mol. The van der Waals surface area contributed by atoms with E-state index in [0.717, 1.165) is 31.0 Å². The van der Waals surface area contributed by atoms with Gasteiger partial charge in [-0.05, 0) is 50.8 Å². The fourth-order valence-electron chi connectivity index (χ4n) is 2.12. The Bertz CT molecular complexity index is 811. The van der Waals surface area contributed by atoms with E-state index in [0.29, 0.717) is 0 Å². The van der Waals surface area contributed by atoms with Crippen LogP contribution in [-0.4, -0.2) is 34.7 Å². The summed E-state index contributed by atoms with van der Waals surface area (Å²) in [4.78, 5) is -0.272. The highest BCUT2D eigenvalue weighted by Gasteiger charge is 2.33. The number of benzene rings is 1. The molecule has 2 rings (SSSR count). The highest BCUT2D eigenvalue weighted by atomic mass is 35.5. The molecule has 0 amide bonds. The van der Waals surface area contributed by atoms with E-state index in [1.807, 2.05) is 0 Å². The van der Waals surface area contributed by atoms with Gasteiger partial charge in [0.25, 0.3) is 0 Å². The number of halogens is 2. The van der Waals surface area contributed by atoms with Crippen LogP contribution in [0.2, 0.25) is 0 Å². The summed E-state index contributed by atoms with van der Waals surface area (Å²) in [6.07, 6.45) is 1.82. The van der Waals surface area contributed by atoms with Gasteiger partial charge in [-0.15, -0.1) is 12.4 Å². The summed E-state index contributed by atoms with van der Waals surface area (Å²) in [5.74, 6) is -0.746. The van der Waals surface area contributed by atoms with Gasteiger partial charge in [0.15, 0.2) is 0 Å². The molecule has 1 saturated carbocycles. The SMILES string of the molecule is CC(C)S(=O)(=O)Nc1ccc(S(=O)(=O)NC(CN)C2CC2)cc1F.Cl. The molecule has 1 fully saturated rings. The molecule has 0 aromatic heterocycles. The van der Waals surface area contributed by atoms with Crippen LogP contribution < -0.4 is 15.2 Å². The lowest BCUT2D eigenvalue weighted by atomic mass is 10.2. The maximum atomic E-state index is 14.1. The van der Waals surface area contributed by atoms with Crippen molar-refractivity contribution in [2.24, 2.45) is 11.7 Å². The van der Waals surface area contributed by atoms with Crippen LogP contribution >= 0.6 is 12.4 Å². The Morgan fingerprint density at radius 2 is 1.84 bits per heavy atom. The van der Waals surface area contributed by atoms with Crippen molar-refractivity contribution in [3.8, 4) is 0 Å². The zero-order valence-corrected chi connectivity index (χ0v) is 16.3. The standard InChI is InChI=1S/C14H22FN3O4S2.ClH/c1-9(2)23(19,20)17-13-6-5-11(7-12(13)15)24(21,22)18-14(8-16)10-3-4-10;/h5-7,9-10,14,17-18H,3-4,8,16H2,1-2H3;1H. The minimum atomic E-state index is -3.92. The molecule has 1 aliphatic carbocycles. The molecule has 4 N–H and O–H groups in total. The van der Waals surface area contributed by atoms with E-state index in [9.17, 15) is 21.2 Å². The fraction of sp³-hybridized carbons (Fsp3) is 0.571. The zero-order chi connectivity index (χ0) is 18.1. The summed E-state index contributed by atoms with van der Waals surface area (Å²) in [7, 11) is -7.64. The summed E-state index contributed by atoms with van der Waals surface area (Å²) in [6, 6.07) is 2.67. The molecule has 1 aromatic rings. The topological polar surface area (TPSA) is 118 Å². The van der Waals surface area contributed by atoms with E-state index >= 15 is 0 Å². The maximum absolute atomic E-state index is 14.1. The van der Waals surface area contributed by atoms with Crippen molar-refractivity contribution in [3.63, 3.8) is 0 Å². The normalized spacial score (nSPS) is 16.4. The molecule has 144 valence electrons. The molecule has 0 radical (unpaired) electrons. The number of hydrogen-bond donors (Lipinski definition) is 3. The zero-order valence-electron chi connectivity index (χ0n) is 13.9. The Morgan fingerprint density at radius 3 is 2.28 bits per heavy atom. The number of sulfonamides is 2. The molecule has 0 heterocycles. The molecule has 0 spiro atoms.